The molecular weight excluding hydrogens is 288 g/mol. The van der Waals surface area contributed by atoms with Crippen LogP contribution in [0.1, 0.15) is 22.5 Å². The van der Waals surface area contributed by atoms with Gasteiger partial charge in [-0.05, 0) is 42.7 Å². The predicted octanol–water partition coefficient (Wildman–Crippen LogP) is 3.42. The molecule has 4 heteroatoms. The molecule has 118 valence electrons. The van der Waals surface area contributed by atoms with Crippen molar-refractivity contribution < 1.29 is 9.53 Å². The Morgan fingerprint density at radius 1 is 1.13 bits per heavy atom. The average molecular weight is 308 g/mol. The first kappa shape index (κ1) is 15.3. The number of fused-ring (bicyclic) bond motifs is 1. The van der Waals surface area contributed by atoms with Crippen molar-refractivity contribution in [3.8, 4) is 0 Å². The van der Waals surface area contributed by atoms with Gasteiger partial charge in [0, 0.05) is 6.54 Å². The van der Waals surface area contributed by atoms with Crippen molar-refractivity contribution in [2.45, 2.75) is 26.8 Å². The van der Waals surface area contributed by atoms with Gasteiger partial charge in [0.05, 0.1) is 18.1 Å². The van der Waals surface area contributed by atoms with Crippen molar-refractivity contribution in [2.75, 3.05) is 7.11 Å². The maximum Gasteiger partial charge on any atom is 0.313 e. The Morgan fingerprint density at radius 2 is 1.83 bits per heavy atom. The quantitative estimate of drug-likeness (QED) is 0.694. The molecule has 1 aromatic heterocycles. The van der Waals surface area contributed by atoms with Crippen LogP contribution in [0.3, 0.4) is 0 Å². The van der Waals surface area contributed by atoms with Gasteiger partial charge in [-0.15, -0.1) is 0 Å². The van der Waals surface area contributed by atoms with Gasteiger partial charge in [-0.25, -0.2) is 4.98 Å². The zero-order valence-corrected chi connectivity index (χ0v) is 13.7. The summed E-state index contributed by atoms with van der Waals surface area (Å²) in [6, 6.07) is 14.4. The molecular formula is C19H20N2O2. The third-order valence-electron chi connectivity index (χ3n) is 4.16. The van der Waals surface area contributed by atoms with Crippen molar-refractivity contribution in [2.24, 2.45) is 0 Å². The molecule has 1 heterocycles. The molecule has 0 radical (unpaired) electrons. The first-order chi connectivity index (χ1) is 11.1. The van der Waals surface area contributed by atoms with Crippen LogP contribution in [0.2, 0.25) is 0 Å². The third kappa shape index (κ3) is 3.11. The van der Waals surface area contributed by atoms with Gasteiger partial charge in [0.2, 0.25) is 0 Å². The Hall–Kier alpha value is -2.62. The molecule has 0 unspecified atom stereocenters. The van der Waals surface area contributed by atoms with Gasteiger partial charge in [0.15, 0.2) is 0 Å². The molecule has 3 rings (SSSR count). The van der Waals surface area contributed by atoms with E-state index < -0.39 is 0 Å². The minimum atomic E-state index is -0.275. The van der Waals surface area contributed by atoms with Crippen LogP contribution in [-0.2, 0) is 22.5 Å². The number of carbonyl (C=O) groups excluding carboxylic acids is 1. The van der Waals surface area contributed by atoms with Crippen molar-refractivity contribution in [3.63, 3.8) is 0 Å². The molecule has 0 aliphatic heterocycles. The first-order valence-electron chi connectivity index (χ1n) is 7.65. The first-order valence-corrected chi connectivity index (χ1v) is 7.65. The van der Waals surface area contributed by atoms with Gasteiger partial charge < -0.3 is 9.30 Å². The summed E-state index contributed by atoms with van der Waals surface area (Å²) in [5, 5.41) is 0. The number of rotatable bonds is 4. The van der Waals surface area contributed by atoms with Crippen LogP contribution in [0.25, 0.3) is 11.0 Å². The highest BCUT2D eigenvalue weighted by atomic mass is 16.5. The van der Waals surface area contributed by atoms with E-state index in [1.807, 2.05) is 18.2 Å². The third-order valence-corrected chi connectivity index (χ3v) is 4.16. The molecule has 0 atom stereocenters. The fourth-order valence-corrected chi connectivity index (χ4v) is 2.71. The van der Waals surface area contributed by atoms with E-state index in [0.717, 1.165) is 16.9 Å². The molecule has 3 aromatic rings. The summed E-state index contributed by atoms with van der Waals surface area (Å²) >= 11 is 0. The maximum absolute atomic E-state index is 11.7. The summed E-state index contributed by atoms with van der Waals surface area (Å²) in [4.78, 5) is 16.4. The monoisotopic (exact) mass is 308 g/mol. The standard InChI is InChI=1S/C19H20N2O2/c1-13-9-16-17(10-14(13)2)21(12-15-7-5-4-6-8-15)18(20-16)11-19(22)23-3/h4-10H,11-12H2,1-3H3. The highest BCUT2D eigenvalue weighted by Gasteiger charge is 2.15. The Labute approximate surface area is 135 Å². The number of carbonyl (C=O) groups is 1. The molecule has 2 aromatic carbocycles. The van der Waals surface area contributed by atoms with E-state index in [9.17, 15) is 4.79 Å². The minimum absolute atomic E-state index is 0.177. The summed E-state index contributed by atoms with van der Waals surface area (Å²) in [5.74, 6) is 0.462. The maximum atomic E-state index is 11.7. The summed E-state index contributed by atoms with van der Waals surface area (Å²) < 4.78 is 6.92. The summed E-state index contributed by atoms with van der Waals surface area (Å²) in [7, 11) is 1.40. The van der Waals surface area contributed by atoms with Gasteiger partial charge in [0.25, 0.3) is 0 Å². The second-order valence-corrected chi connectivity index (χ2v) is 5.78. The number of benzene rings is 2. The highest BCUT2D eigenvalue weighted by Crippen LogP contribution is 2.22. The second kappa shape index (κ2) is 6.24. The Balaban J connectivity index is 2.12. The van der Waals surface area contributed by atoms with E-state index in [4.69, 9.17) is 4.74 Å². The van der Waals surface area contributed by atoms with E-state index in [0.29, 0.717) is 6.54 Å². The lowest BCUT2D eigenvalue weighted by atomic mass is 10.1. The number of aromatic nitrogens is 2. The van der Waals surface area contributed by atoms with Crippen LogP contribution in [0, 0.1) is 13.8 Å². The SMILES string of the molecule is COC(=O)Cc1nc2cc(C)c(C)cc2n1Cc1ccccc1. The predicted molar refractivity (Wildman–Crippen MR) is 90.5 cm³/mol. The van der Waals surface area contributed by atoms with Crippen molar-refractivity contribution in [1.82, 2.24) is 9.55 Å². The van der Waals surface area contributed by atoms with Gasteiger partial charge in [-0.3, -0.25) is 4.79 Å². The minimum Gasteiger partial charge on any atom is -0.469 e. The molecule has 0 N–H and O–H groups in total. The van der Waals surface area contributed by atoms with Crippen LogP contribution >= 0.6 is 0 Å². The molecule has 0 amide bonds. The normalized spacial score (nSPS) is 10.9. The molecule has 23 heavy (non-hydrogen) atoms. The molecule has 0 fully saturated rings. The number of imidazole rings is 1. The largest absolute Gasteiger partial charge is 0.469 e. The molecule has 0 bridgehead atoms. The van der Waals surface area contributed by atoms with Crippen LogP contribution in [0.5, 0.6) is 0 Å². The van der Waals surface area contributed by atoms with Gasteiger partial charge in [0.1, 0.15) is 12.2 Å². The van der Waals surface area contributed by atoms with E-state index in [2.05, 4.69) is 47.7 Å². The number of methoxy groups -OCH3 is 1. The average Bonchev–Trinajstić information content (AvgIpc) is 2.85. The second-order valence-electron chi connectivity index (χ2n) is 5.78. The topological polar surface area (TPSA) is 44.1 Å². The molecule has 4 nitrogen and oxygen atoms in total. The van der Waals surface area contributed by atoms with Crippen LogP contribution in [0.15, 0.2) is 42.5 Å². The zero-order chi connectivity index (χ0) is 16.4. The Kier molecular flexibility index (Phi) is 4.15. The van der Waals surface area contributed by atoms with E-state index in [1.54, 1.807) is 0 Å². The summed E-state index contributed by atoms with van der Waals surface area (Å²) in [6.45, 7) is 4.85. The fourth-order valence-electron chi connectivity index (χ4n) is 2.71. The Bertz CT molecular complexity index is 851. The summed E-state index contributed by atoms with van der Waals surface area (Å²) in [5.41, 5.74) is 5.57. The molecule has 0 spiro atoms. The van der Waals surface area contributed by atoms with Crippen molar-refractivity contribution in [3.05, 3.63) is 65.0 Å². The molecule has 0 aliphatic rings. The Morgan fingerprint density at radius 3 is 2.52 bits per heavy atom. The van der Waals surface area contributed by atoms with E-state index in [-0.39, 0.29) is 12.4 Å². The lowest BCUT2D eigenvalue weighted by Crippen LogP contribution is -2.12. The summed E-state index contributed by atoms with van der Waals surface area (Å²) in [6.07, 6.45) is 0.177. The number of hydrogen-bond donors (Lipinski definition) is 0. The number of aryl methyl sites for hydroxylation is 2. The highest BCUT2D eigenvalue weighted by molar-refractivity contribution is 5.80. The van der Waals surface area contributed by atoms with Gasteiger partial charge in [-0.2, -0.15) is 0 Å². The van der Waals surface area contributed by atoms with Crippen LogP contribution < -0.4 is 0 Å². The number of hydrogen-bond acceptors (Lipinski definition) is 3. The van der Waals surface area contributed by atoms with Crippen LogP contribution in [0.4, 0.5) is 0 Å². The van der Waals surface area contributed by atoms with Crippen molar-refractivity contribution >= 4 is 17.0 Å². The van der Waals surface area contributed by atoms with Gasteiger partial charge >= 0.3 is 5.97 Å². The van der Waals surface area contributed by atoms with Crippen LogP contribution in [-0.4, -0.2) is 22.6 Å². The van der Waals surface area contributed by atoms with Gasteiger partial charge in [-0.1, -0.05) is 30.3 Å². The van der Waals surface area contributed by atoms with E-state index >= 15 is 0 Å². The molecule has 0 saturated heterocycles. The molecule has 0 saturated carbocycles. The smallest absolute Gasteiger partial charge is 0.313 e. The van der Waals surface area contributed by atoms with E-state index in [1.165, 1.54) is 23.8 Å². The number of esters is 1. The fraction of sp³-hybridized carbons (Fsp3) is 0.263. The lowest BCUT2D eigenvalue weighted by molar-refractivity contribution is -0.139. The zero-order valence-electron chi connectivity index (χ0n) is 13.7. The number of ether oxygens (including phenoxy) is 1. The molecule has 0 aliphatic carbocycles. The van der Waals surface area contributed by atoms with Crippen molar-refractivity contribution in [1.29, 1.82) is 0 Å². The number of nitrogens with zero attached hydrogens (tertiary/aromatic N) is 2. The lowest BCUT2D eigenvalue weighted by Gasteiger charge is -2.10.